The smallest absolute Gasteiger partial charge is 0.0572 e. The largest absolute Gasteiger partial charge is 0.370 e. The van der Waals surface area contributed by atoms with E-state index in [-0.39, 0.29) is 6.04 Å². The molecule has 1 aliphatic heterocycles. The molecule has 0 amide bonds. The van der Waals surface area contributed by atoms with Crippen molar-refractivity contribution in [3.05, 3.63) is 24.0 Å². The second-order valence-electron chi connectivity index (χ2n) is 5.21. The second-order valence-corrected chi connectivity index (χ2v) is 5.21. The molecule has 0 unspecified atom stereocenters. The lowest BCUT2D eigenvalue weighted by Gasteiger charge is -2.26. The zero-order valence-electron chi connectivity index (χ0n) is 11.4. The van der Waals surface area contributed by atoms with Crippen molar-refractivity contribution in [3.8, 4) is 0 Å². The number of nitrogens with zero attached hydrogens (tertiary/aromatic N) is 2. The van der Waals surface area contributed by atoms with E-state index in [4.69, 9.17) is 5.73 Å². The van der Waals surface area contributed by atoms with Crippen molar-refractivity contribution in [2.75, 3.05) is 18.0 Å². The minimum atomic E-state index is 0.0754. The van der Waals surface area contributed by atoms with Gasteiger partial charge in [-0.05, 0) is 31.4 Å². The van der Waals surface area contributed by atoms with Crippen molar-refractivity contribution in [1.29, 1.82) is 0 Å². The van der Waals surface area contributed by atoms with Gasteiger partial charge in [-0.15, -0.1) is 0 Å². The summed E-state index contributed by atoms with van der Waals surface area (Å²) in [5.74, 6) is 0. The highest BCUT2D eigenvalue weighted by molar-refractivity contribution is 5.44. The lowest BCUT2D eigenvalue weighted by molar-refractivity contribution is 0.556. The van der Waals surface area contributed by atoms with Crippen LogP contribution in [0.2, 0.25) is 0 Å². The van der Waals surface area contributed by atoms with Gasteiger partial charge in [0.25, 0.3) is 0 Å². The summed E-state index contributed by atoms with van der Waals surface area (Å²) in [7, 11) is 0. The van der Waals surface area contributed by atoms with Gasteiger partial charge in [-0.3, -0.25) is 4.98 Å². The Morgan fingerprint density at radius 2 is 1.83 bits per heavy atom. The second kappa shape index (κ2) is 6.74. The zero-order chi connectivity index (χ0) is 12.8. The first-order valence-corrected chi connectivity index (χ1v) is 7.27. The van der Waals surface area contributed by atoms with Crippen LogP contribution in [0.1, 0.15) is 57.2 Å². The summed E-state index contributed by atoms with van der Waals surface area (Å²) in [5.41, 5.74) is 8.25. The van der Waals surface area contributed by atoms with Crippen LogP contribution < -0.4 is 10.6 Å². The molecule has 1 saturated heterocycles. The van der Waals surface area contributed by atoms with E-state index in [0.29, 0.717) is 0 Å². The number of aromatic nitrogens is 1. The highest BCUT2D eigenvalue weighted by Gasteiger charge is 2.10. The maximum atomic E-state index is 5.99. The summed E-state index contributed by atoms with van der Waals surface area (Å²) in [4.78, 5) is 6.98. The highest BCUT2D eigenvalue weighted by Crippen LogP contribution is 2.20. The van der Waals surface area contributed by atoms with Gasteiger partial charge in [-0.2, -0.15) is 0 Å². The fourth-order valence-electron chi connectivity index (χ4n) is 2.52. The third kappa shape index (κ3) is 3.45. The summed E-state index contributed by atoms with van der Waals surface area (Å²) in [6, 6.07) is 4.34. The predicted octanol–water partition coefficient (Wildman–Crippen LogP) is 3.26. The van der Waals surface area contributed by atoms with Crippen LogP contribution in [-0.4, -0.2) is 18.1 Å². The monoisotopic (exact) mass is 247 g/mol. The van der Waals surface area contributed by atoms with Crippen molar-refractivity contribution in [1.82, 2.24) is 4.98 Å². The Kier molecular flexibility index (Phi) is 5.00. The minimum Gasteiger partial charge on any atom is -0.370 e. The third-order valence-corrected chi connectivity index (χ3v) is 3.81. The van der Waals surface area contributed by atoms with Gasteiger partial charge in [0.2, 0.25) is 0 Å². The van der Waals surface area contributed by atoms with E-state index in [0.717, 1.165) is 12.1 Å². The number of hydrogen-bond acceptors (Lipinski definition) is 3. The van der Waals surface area contributed by atoms with Crippen molar-refractivity contribution >= 4 is 5.69 Å². The molecule has 100 valence electrons. The van der Waals surface area contributed by atoms with Crippen LogP contribution >= 0.6 is 0 Å². The van der Waals surface area contributed by atoms with Crippen LogP contribution in [-0.2, 0) is 0 Å². The van der Waals surface area contributed by atoms with Crippen molar-refractivity contribution in [2.24, 2.45) is 5.73 Å². The average molecular weight is 247 g/mol. The molecule has 0 radical (unpaired) electrons. The quantitative estimate of drug-likeness (QED) is 0.891. The van der Waals surface area contributed by atoms with Crippen LogP contribution in [0, 0.1) is 0 Å². The third-order valence-electron chi connectivity index (χ3n) is 3.81. The van der Waals surface area contributed by atoms with Crippen LogP contribution in [0.5, 0.6) is 0 Å². The van der Waals surface area contributed by atoms with E-state index in [2.05, 4.69) is 28.9 Å². The van der Waals surface area contributed by atoms with Crippen LogP contribution in [0.3, 0.4) is 0 Å². The van der Waals surface area contributed by atoms with E-state index in [1.165, 1.54) is 50.9 Å². The topological polar surface area (TPSA) is 42.1 Å². The molecule has 0 spiro atoms. The maximum Gasteiger partial charge on any atom is 0.0572 e. The molecule has 0 bridgehead atoms. The molecule has 0 aromatic carbocycles. The lowest BCUT2D eigenvalue weighted by Crippen LogP contribution is -2.27. The number of nitrogens with two attached hydrogens (primary N) is 1. The Labute approximate surface area is 110 Å². The molecule has 18 heavy (non-hydrogen) atoms. The average Bonchev–Trinajstić information content (AvgIpc) is 2.38. The van der Waals surface area contributed by atoms with Crippen molar-refractivity contribution in [3.63, 3.8) is 0 Å². The molecule has 0 saturated carbocycles. The molecular weight excluding hydrogens is 222 g/mol. The van der Waals surface area contributed by atoms with Gasteiger partial charge in [0.15, 0.2) is 0 Å². The number of pyridine rings is 1. The summed E-state index contributed by atoms with van der Waals surface area (Å²) in [5, 5.41) is 0. The zero-order valence-corrected chi connectivity index (χ0v) is 11.4. The number of hydrogen-bond donors (Lipinski definition) is 1. The molecule has 2 N–H and O–H groups in total. The van der Waals surface area contributed by atoms with Gasteiger partial charge in [-0.1, -0.05) is 26.2 Å². The SMILES string of the molecule is CC[C@H](N)c1ccc(N2CCCCCCC2)cn1. The van der Waals surface area contributed by atoms with Gasteiger partial charge < -0.3 is 10.6 Å². The minimum absolute atomic E-state index is 0.0754. The molecule has 1 aliphatic rings. The van der Waals surface area contributed by atoms with Crippen molar-refractivity contribution < 1.29 is 0 Å². The Morgan fingerprint density at radius 1 is 1.17 bits per heavy atom. The lowest BCUT2D eigenvalue weighted by atomic mass is 10.1. The Bertz CT molecular complexity index is 339. The fourth-order valence-corrected chi connectivity index (χ4v) is 2.52. The van der Waals surface area contributed by atoms with Gasteiger partial charge in [-0.25, -0.2) is 0 Å². The summed E-state index contributed by atoms with van der Waals surface area (Å²) in [6.45, 7) is 4.43. The maximum absolute atomic E-state index is 5.99. The van der Waals surface area contributed by atoms with E-state index >= 15 is 0 Å². The van der Waals surface area contributed by atoms with Crippen molar-refractivity contribution in [2.45, 2.75) is 51.5 Å². The molecule has 2 rings (SSSR count). The normalized spacial score (nSPS) is 19.1. The van der Waals surface area contributed by atoms with E-state index < -0.39 is 0 Å². The predicted molar refractivity (Wildman–Crippen MR) is 76.8 cm³/mol. The molecule has 2 heterocycles. The van der Waals surface area contributed by atoms with Gasteiger partial charge in [0, 0.05) is 19.1 Å². The first kappa shape index (κ1) is 13.3. The molecule has 1 aromatic heterocycles. The summed E-state index contributed by atoms with van der Waals surface area (Å²) in [6.07, 6.45) is 9.66. The van der Waals surface area contributed by atoms with Crippen LogP contribution in [0.15, 0.2) is 18.3 Å². The Hall–Kier alpha value is -1.09. The van der Waals surface area contributed by atoms with Crippen LogP contribution in [0.25, 0.3) is 0 Å². The highest BCUT2D eigenvalue weighted by atomic mass is 15.1. The molecule has 0 aliphatic carbocycles. The molecule has 1 aromatic rings. The first-order chi connectivity index (χ1) is 8.81. The van der Waals surface area contributed by atoms with E-state index in [9.17, 15) is 0 Å². The number of rotatable bonds is 3. The number of anilines is 1. The van der Waals surface area contributed by atoms with Crippen LogP contribution in [0.4, 0.5) is 5.69 Å². The van der Waals surface area contributed by atoms with Gasteiger partial charge in [0.1, 0.15) is 0 Å². The summed E-state index contributed by atoms with van der Waals surface area (Å²) < 4.78 is 0. The van der Waals surface area contributed by atoms with E-state index in [1.807, 2.05) is 6.20 Å². The van der Waals surface area contributed by atoms with Gasteiger partial charge in [0.05, 0.1) is 17.6 Å². The molecule has 3 heteroatoms. The van der Waals surface area contributed by atoms with E-state index in [1.54, 1.807) is 0 Å². The molecule has 1 fully saturated rings. The molecule has 3 nitrogen and oxygen atoms in total. The Balaban J connectivity index is 2.02. The standard InChI is InChI=1S/C15H25N3/c1-2-14(16)15-9-8-13(12-17-15)18-10-6-4-3-5-7-11-18/h8-9,12,14H,2-7,10-11,16H2,1H3/t14-/m0/s1. The van der Waals surface area contributed by atoms with Gasteiger partial charge >= 0.3 is 0 Å². The first-order valence-electron chi connectivity index (χ1n) is 7.27. The fraction of sp³-hybridized carbons (Fsp3) is 0.667. The Morgan fingerprint density at radius 3 is 2.39 bits per heavy atom. The molecular formula is C15H25N3. The molecule has 1 atom stereocenters. The summed E-state index contributed by atoms with van der Waals surface area (Å²) >= 11 is 0.